The first-order chi connectivity index (χ1) is 14.3. The van der Waals surface area contributed by atoms with Crippen LogP contribution in [-0.4, -0.2) is 30.4 Å². The zero-order chi connectivity index (χ0) is 21.3. The maximum Gasteiger partial charge on any atom is 0.271 e. The van der Waals surface area contributed by atoms with E-state index >= 15 is 0 Å². The van der Waals surface area contributed by atoms with Gasteiger partial charge < -0.3 is 10.0 Å². The number of thiophene rings is 1. The first-order valence-electron chi connectivity index (χ1n) is 9.59. The molecule has 0 unspecified atom stereocenters. The molecule has 8 heteroatoms. The topological polar surface area (TPSA) is 86.7 Å². The molecule has 0 aliphatic heterocycles. The Kier molecular flexibility index (Phi) is 5.53. The summed E-state index contributed by atoms with van der Waals surface area (Å²) in [7, 11) is -3.72. The van der Waals surface area contributed by atoms with Crippen molar-refractivity contribution in [3.8, 4) is 5.75 Å². The quantitative estimate of drug-likeness (QED) is 0.569. The molecule has 0 spiro atoms. The van der Waals surface area contributed by atoms with Crippen LogP contribution in [0.3, 0.4) is 0 Å². The number of hydrogen-bond donors (Lipinski definition) is 2. The van der Waals surface area contributed by atoms with Crippen molar-refractivity contribution in [3.63, 3.8) is 0 Å². The minimum atomic E-state index is -3.72. The third kappa shape index (κ3) is 4.49. The molecule has 1 aliphatic carbocycles. The van der Waals surface area contributed by atoms with Crippen LogP contribution in [0.15, 0.2) is 64.2 Å². The number of anilines is 1. The zero-order valence-corrected chi connectivity index (χ0v) is 18.0. The van der Waals surface area contributed by atoms with Crippen LogP contribution in [0.4, 0.5) is 5.69 Å². The molecule has 1 saturated carbocycles. The number of carbonyl (C=O) groups is 1. The van der Waals surface area contributed by atoms with Gasteiger partial charge in [0.2, 0.25) is 0 Å². The summed E-state index contributed by atoms with van der Waals surface area (Å²) in [4.78, 5) is 14.9. The minimum Gasteiger partial charge on any atom is -0.507 e. The average Bonchev–Trinajstić information content (AvgIpc) is 3.37. The predicted molar refractivity (Wildman–Crippen MR) is 117 cm³/mol. The molecule has 2 N–H and O–H groups in total. The van der Waals surface area contributed by atoms with E-state index in [1.807, 2.05) is 31.2 Å². The van der Waals surface area contributed by atoms with Crippen LogP contribution >= 0.6 is 11.3 Å². The van der Waals surface area contributed by atoms with Crippen LogP contribution in [0, 0.1) is 6.92 Å². The van der Waals surface area contributed by atoms with Gasteiger partial charge in [-0.15, -0.1) is 11.3 Å². The Morgan fingerprint density at radius 1 is 1.17 bits per heavy atom. The average molecular weight is 443 g/mol. The van der Waals surface area contributed by atoms with Crippen molar-refractivity contribution < 1.29 is 18.3 Å². The molecule has 1 heterocycles. The second-order valence-corrected chi connectivity index (χ2v) is 10.3. The van der Waals surface area contributed by atoms with Crippen molar-refractivity contribution in [2.45, 2.75) is 36.6 Å². The van der Waals surface area contributed by atoms with Crippen LogP contribution in [0.5, 0.6) is 5.75 Å². The summed E-state index contributed by atoms with van der Waals surface area (Å²) in [6.07, 6.45) is 1.88. The number of phenolic OH excluding ortho intramolecular Hbond substituents is 1. The predicted octanol–water partition coefficient (Wildman–Crippen LogP) is 4.37. The molecule has 0 radical (unpaired) electrons. The van der Waals surface area contributed by atoms with Crippen LogP contribution in [0.2, 0.25) is 0 Å². The van der Waals surface area contributed by atoms with Crippen molar-refractivity contribution in [1.82, 2.24) is 4.90 Å². The molecule has 30 heavy (non-hydrogen) atoms. The lowest BCUT2D eigenvalue weighted by Gasteiger charge is -2.23. The monoisotopic (exact) mass is 442 g/mol. The van der Waals surface area contributed by atoms with E-state index in [0.717, 1.165) is 35.3 Å². The van der Waals surface area contributed by atoms with Crippen molar-refractivity contribution in [2.24, 2.45) is 0 Å². The summed E-state index contributed by atoms with van der Waals surface area (Å²) in [5.74, 6) is -0.509. The Morgan fingerprint density at radius 2 is 1.97 bits per heavy atom. The number of amides is 1. The number of rotatable bonds is 7. The van der Waals surface area contributed by atoms with E-state index < -0.39 is 10.0 Å². The number of aromatic hydroxyl groups is 1. The smallest absolute Gasteiger partial charge is 0.271 e. The summed E-state index contributed by atoms with van der Waals surface area (Å²) in [6.45, 7) is 2.48. The molecular formula is C22H22N2O4S2. The number of benzene rings is 2. The van der Waals surface area contributed by atoms with E-state index in [2.05, 4.69) is 4.72 Å². The van der Waals surface area contributed by atoms with Gasteiger partial charge in [-0.25, -0.2) is 8.42 Å². The molecule has 0 atom stereocenters. The number of hydrogen-bond acceptors (Lipinski definition) is 5. The van der Waals surface area contributed by atoms with Gasteiger partial charge in [-0.05, 0) is 48.9 Å². The van der Waals surface area contributed by atoms with E-state index in [0.29, 0.717) is 6.54 Å². The van der Waals surface area contributed by atoms with Crippen molar-refractivity contribution in [2.75, 3.05) is 4.72 Å². The summed E-state index contributed by atoms with van der Waals surface area (Å²) < 4.78 is 27.4. The fraction of sp³-hybridized carbons (Fsp3) is 0.227. The van der Waals surface area contributed by atoms with E-state index in [4.69, 9.17) is 0 Å². The highest BCUT2D eigenvalue weighted by atomic mass is 32.2. The van der Waals surface area contributed by atoms with E-state index in [1.165, 1.54) is 24.3 Å². The zero-order valence-electron chi connectivity index (χ0n) is 16.4. The maximum atomic E-state index is 13.1. The van der Waals surface area contributed by atoms with Gasteiger partial charge in [-0.1, -0.05) is 35.9 Å². The van der Waals surface area contributed by atoms with Crippen molar-refractivity contribution in [1.29, 1.82) is 0 Å². The van der Waals surface area contributed by atoms with Crippen molar-refractivity contribution >= 4 is 33.0 Å². The first-order valence-corrected chi connectivity index (χ1v) is 12.0. The van der Waals surface area contributed by atoms with Gasteiger partial charge in [-0.2, -0.15) is 0 Å². The molecule has 1 amide bonds. The fourth-order valence-corrected chi connectivity index (χ4v) is 5.36. The Labute approximate surface area is 179 Å². The molecular weight excluding hydrogens is 420 g/mol. The highest BCUT2D eigenvalue weighted by Gasteiger charge is 2.34. The van der Waals surface area contributed by atoms with Crippen LogP contribution in [0.1, 0.15) is 34.3 Å². The highest BCUT2D eigenvalue weighted by molar-refractivity contribution is 7.94. The third-order valence-corrected chi connectivity index (χ3v) is 7.70. The third-order valence-electron chi connectivity index (χ3n) is 4.92. The molecule has 1 fully saturated rings. The van der Waals surface area contributed by atoms with Crippen LogP contribution in [0.25, 0.3) is 0 Å². The molecule has 1 aromatic heterocycles. The lowest BCUT2D eigenvalue weighted by Crippen LogP contribution is -2.32. The van der Waals surface area contributed by atoms with Gasteiger partial charge in [0.1, 0.15) is 9.96 Å². The molecule has 6 nitrogen and oxygen atoms in total. The van der Waals surface area contributed by atoms with Gasteiger partial charge in [-0.3, -0.25) is 9.52 Å². The summed E-state index contributed by atoms with van der Waals surface area (Å²) in [6, 6.07) is 15.6. The SMILES string of the molecule is Cc1cccc(CN(C(=O)c2ccc(NS(=O)(=O)c3cccs3)cc2O)C2CC2)c1. The molecule has 0 saturated heterocycles. The van der Waals surface area contributed by atoms with Crippen LogP contribution in [-0.2, 0) is 16.6 Å². The summed E-state index contributed by atoms with van der Waals surface area (Å²) in [5.41, 5.74) is 2.53. The van der Waals surface area contributed by atoms with E-state index in [9.17, 15) is 18.3 Å². The lowest BCUT2D eigenvalue weighted by atomic mass is 10.1. The Balaban J connectivity index is 1.54. The summed E-state index contributed by atoms with van der Waals surface area (Å²) >= 11 is 1.10. The molecule has 156 valence electrons. The normalized spacial score (nSPS) is 13.8. The Morgan fingerprint density at radius 3 is 2.60 bits per heavy atom. The minimum absolute atomic E-state index is 0.161. The molecule has 4 rings (SSSR count). The van der Waals surface area contributed by atoms with Gasteiger partial charge in [0.05, 0.1) is 11.3 Å². The molecule has 3 aromatic rings. The number of carbonyl (C=O) groups excluding carboxylic acids is 1. The number of sulfonamides is 1. The Hall–Kier alpha value is -2.84. The fourth-order valence-electron chi connectivity index (χ4n) is 3.31. The molecule has 1 aliphatic rings. The van der Waals surface area contributed by atoms with Crippen LogP contribution < -0.4 is 4.72 Å². The van der Waals surface area contributed by atoms with Gasteiger partial charge in [0.25, 0.3) is 15.9 Å². The largest absolute Gasteiger partial charge is 0.507 e. The number of aryl methyl sites for hydroxylation is 1. The standard InChI is InChI=1S/C22H22N2O4S2/c1-15-4-2-5-16(12-15)14-24(18-8-9-18)22(26)19-10-7-17(13-20(19)25)23-30(27,28)21-6-3-11-29-21/h2-7,10-13,18,23,25H,8-9,14H2,1H3. The number of phenols is 1. The molecule has 0 bridgehead atoms. The van der Waals surface area contributed by atoms with E-state index in [-0.39, 0.29) is 33.2 Å². The lowest BCUT2D eigenvalue weighted by molar-refractivity contribution is 0.0727. The summed E-state index contributed by atoms with van der Waals surface area (Å²) in [5, 5.41) is 12.1. The van der Waals surface area contributed by atoms with Crippen molar-refractivity contribution in [3.05, 3.63) is 76.7 Å². The Bertz CT molecular complexity index is 1170. The maximum absolute atomic E-state index is 13.1. The highest BCUT2D eigenvalue weighted by Crippen LogP contribution is 2.33. The van der Waals surface area contributed by atoms with Gasteiger partial charge in [0, 0.05) is 18.7 Å². The van der Waals surface area contributed by atoms with Gasteiger partial charge >= 0.3 is 0 Å². The second-order valence-electron chi connectivity index (χ2n) is 7.42. The number of nitrogens with one attached hydrogen (secondary N) is 1. The molecule has 2 aromatic carbocycles. The van der Waals surface area contributed by atoms with Gasteiger partial charge in [0.15, 0.2) is 0 Å². The first kappa shape index (κ1) is 20.4. The number of nitrogens with zero attached hydrogens (tertiary/aromatic N) is 1. The second kappa shape index (κ2) is 8.12. The van der Waals surface area contributed by atoms with E-state index in [1.54, 1.807) is 16.3 Å².